The molecule has 1 amide bonds. The summed E-state index contributed by atoms with van der Waals surface area (Å²) < 4.78 is 14.2. The van der Waals surface area contributed by atoms with E-state index in [-0.39, 0.29) is 27.0 Å². The standard InChI is InChI=1S/C13H7BrCl2FNO2/c14-6-3-9(15)12(10(16)4-6)18-13(20)8-2-1-7(19)5-11(8)17/h1-5,19H,(H,18,20). The van der Waals surface area contributed by atoms with Gasteiger partial charge in [0.1, 0.15) is 11.6 Å². The number of halogens is 4. The average molecular weight is 379 g/mol. The number of anilines is 1. The number of hydrogen-bond donors (Lipinski definition) is 2. The summed E-state index contributed by atoms with van der Waals surface area (Å²) >= 11 is 15.1. The van der Waals surface area contributed by atoms with E-state index >= 15 is 0 Å². The summed E-state index contributed by atoms with van der Waals surface area (Å²) in [5.74, 6) is -1.82. The van der Waals surface area contributed by atoms with Crippen LogP contribution in [0.5, 0.6) is 5.75 Å². The number of aromatic hydroxyl groups is 1. The van der Waals surface area contributed by atoms with Crippen LogP contribution in [-0.2, 0) is 0 Å². The first-order chi connectivity index (χ1) is 9.38. The number of hydrogen-bond acceptors (Lipinski definition) is 2. The fraction of sp³-hybridized carbons (Fsp3) is 0. The number of amides is 1. The molecule has 2 rings (SSSR count). The van der Waals surface area contributed by atoms with E-state index in [0.717, 1.165) is 6.07 Å². The Hall–Kier alpha value is -1.30. The molecule has 0 saturated heterocycles. The van der Waals surface area contributed by atoms with E-state index in [0.29, 0.717) is 4.47 Å². The van der Waals surface area contributed by atoms with Crippen molar-refractivity contribution in [3.63, 3.8) is 0 Å². The largest absolute Gasteiger partial charge is 0.508 e. The summed E-state index contributed by atoms with van der Waals surface area (Å²) in [6.45, 7) is 0. The van der Waals surface area contributed by atoms with Gasteiger partial charge in [0.2, 0.25) is 0 Å². The summed E-state index contributed by atoms with van der Waals surface area (Å²) in [4.78, 5) is 12.0. The number of nitrogens with one attached hydrogen (secondary N) is 1. The minimum absolute atomic E-state index is 0.189. The summed E-state index contributed by atoms with van der Waals surface area (Å²) in [5.41, 5.74) is -0.0353. The van der Waals surface area contributed by atoms with Gasteiger partial charge in [-0.2, -0.15) is 0 Å². The van der Waals surface area contributed by atoms with Crippen molar-refractivity contribution in [2.24, 2.45) is 0 Å². The van der Waals surface area contributed by atoms with Gasteiger partial charge in [-0.3, -0.25) is 4.79 Å². The van der Waals surface area contributed by atoms with Crippen LogP contribution in [0.3, 0.4) is 0 Å². The van der Waals surface area contributed by atoms with Gasteiger partial charge in [-0.25, -0.2) is 4.39 Å². The van der Waals surface area contributed by atoms with Gasteiger partial charge in [0.25, 0.3) is 5.91 Å². The highest BCUT2D eigenvalue weighted by atomic mass is 79.9. The third-order valence-electron chi connectivity index (χ3n) is 2.44. The molecule has 3 nitrogen and oxygen atoms in total. The molecule has 0 saturated carbocycles. The Balaban J connectivity index is 2.33. The zero-order valence-electron chi connectivity index (χ0n) is 9.75. The molecular formula is C13H7BrCl2FNO2. The van der Waals surface area contributed by atoms with Crippen LogP contribution in [0.2, 0.25) is 10.0 Å². The number of benzene rings is 2. The van der Waals surface area contributed by atoms with Gasteiger partial charge in [0.15, 0.2) is 0 Å². The Kier molecular flexibility index (Phi) is 4.52. The van der Waals surface area contributed by atoms with Crippen LogP contribution < -0.4 is 5.32 Å². The molecular weight excluding hydrogens is 372 g/mol. The smallest absolute Gasteiger partial charge is 0.258 e. The van der Waals surface area contributed by atoms with Crippen molar-refractivity contribution in [3.8, 4) is 5.75 Å². The lowest BCUT2D eigenvalue weighted by Crippen LogP contribution is -2.14. The minimum atomic E-state index is -0.841. The fourth-order valence-corrected chi connectivity index (χ4v) is 2.83. The van der Waals surface area contributed by atoms with E-state index in [4.69, 9.17) is 28.3 Å². The molecule has 0 aliphatic carbocycles. The maximum atomic E-state index is 13.6. The topological polar surface area (TPSA) is 49.3 Å². The van der Waals surface area contributed by atoms with Crippen LogP contribution in [-0.4, -0.2) is 11.0 Å². The Bertz CT molecular complexity index is 671. The summed E-state index contributed by atoms with van der Waals surface area (Å²) in [6, 6.07) is 6.33. The summed E-state index contributed by atoms with van der Waals surface area (Å²) in [7, 11) is 0. The lowest BCUT2D eigenvalue weighted by Gasteiger charge is -2.10. The van der Waals surface area contributed by atoms with Crippen LogP contribution in [0.25, 0.3) is 0 Å². The number of phenols is 1. The van der Waals surface area contributed by atoms with Crippen LogP contribution >= 0.6 is 39.1 Å². The molecule has 104 valence electrons. The molecule has 0 fully saturated rings. The van der Waals surface area contributed by atoms with Crippen molar-refractivity contribution in [1.82, 2.24) is 0 Å². The molecule has 0 aromatic heterocycles. The molecule has 0 aliphatic heterocycles. The molecule has 0 spiro atoms. The molecule has 0 aliphatic rings. The van der Waals surface area contributed by atoms with Gasteiger partial charge in [-0.1, -0.05) is 39.1 Å². The quantitative estimate of drug-likeness (QED) is 0.784. The van der Waals surface area contributed by atoms with Crippen molar-refractivity contribution in [1.29, 1.82) is 0 Å². The molecule has 0 radical (unpaired) electrons. The lowest BCUT2D eigenvalue weighted by molar-refractivity contribution is 0.102. The zero-order chi connectivity index (χ0) is 14.9. The highest BCUT2D eigenvalue weighted by Crippen LogP contribution is 2.34. The van der Waals surface area contributed by atoms with Crippen LogP contribution in [0.4, 0.5) is 10.1 Å². The number of phenolic OH excluding ortho intramolecular Hbond substituents is 1. The van der Waals surface area contributed by atoms with E-state index < -0.39 is 11.7 Å². The normalized spacial score (nSPS) is 10.4. The second-order valence-electron chi connectivity index (χ2n) is 3.86. The van der Waals surface area contributed by atoms with Gasteiger partial charge >= 0.3 is 0 Å². The Morgan fingerprint density at radius 3 is 2.35 bits per heavy atom. The SMILES string of the molecule is O=C(Nc1c(Cl)cc(Br)cc1Cl)c1ccc(O)cc1F. The molecule has 20 heavy (non-hydrogen) atoms. The van der Waals surface area contributed by atoms with Gasteiger partial charge in [-0.05, 0) is 24.3 Å². The summed E-state index contributed by atoms with van der Waals surface area (Å²) in [6.07, 6.45) is 0. The van der Waals surface area contributed by atoms with Crippen molar-refractivity contribution >= 4 is 50.7 Å². The third kappa shape index (κ3) is 3.23. The first-order valence-electron chi connectivity index (χ1n) is 5.33. The predicted octanol–water partition coefficient (Wildman–Crippen LogP) is 4.85. The van der Waals surface area contributed by atoms with Crippen LogP contribution in [0, 0.1) is 5.82 Å². The molecule has 0 bridgehead atoms. The minimum Gasteiger partial charge on any atom is -0.508 e. The molecule has 2 aromatic rings. The van der Waals surface area contributed by atoms with Crippen LogP contribution in [0.15, 0.2) is 34.8 Å². The molecule has 2 N–H and O–H groups in total. The lowest BCUT2D eigenvalue weighted by atomic mass is 10.2. The number of carbonyl (C=O) groups is 1. The van der Waals surface area contributed by atoms with Crippen molar-refractivity contribution in [2.45, 2.75) is 0 Å². The Morgan fingerprint density at radius 1 is 1.20 bits per heavy atom. The maximum absolute atomic E-state index is 13.6. The maximum Gasteiger partial charge on any atom is 0.258 e. The fourth-order valence-electron chi connectivity index (χ4n) is 1.53. The molecule has 2 aromatic carbocycles. The van der Waals surface area contributed by atoms with Gasteiger partial charge in [0, 0.05) is 10.5 Å². The molecule has 0 heterocycles. The molecule has 0 atom stereocenters. The first kappa shape index (κ1) is 15.1. The second kappa shape index (κ2) is 5.99. The van der Waals surface area contributed by atoms with E-state index in [1.807, 2.05) is 0 Å². The summed E-state index contributed by atoms with van der Waals surface area (Å²) in [5, 5.41) is 12.0. The van der Waals surface area contributed by atoms with Crippen molar-refractivity contribution in [2.75, 3.05) is 5.32 Å². The third-order valence-corrected chi connectivity index (χ3v) is 3.50. The van der Waals surface area contributed by atoms with Crippen molar-refractivity contribution < 1.29 is 14.3 Å². The number of rotatable bonds is 2. The van der Waals surface area contributed by atoms with Crippen LogP contribution in [0.1, 0.15) is 10.4 Å². The molecule has 7 heteroatoms. The first-order valence-corrected chi connectivity index (χ1v) is 6.88. The van der Waals surface area contributed by atoms with Gasteiger partial charge in [-0.15, -0.1) is 0 Å². The average Bonchev–Trinajstić information content (AvgIpc) is 2.33. The van der Waals surface area contributed by atoms with Crippen molar-refractivity contribution in [3.05, 3.63) is 56.2 Å². The van der Waals surface area contributed by atoms with E-state index in [9.17, 15) is 9.18 Å². The second-order valence-corrected chi connectivity index (χ2v) is 5.59. The highest BCUT2D eigenvalue weighted by Gasteiger charge is 2.16. The zero-order valence-corrected chi connectivity index (χ0v) is 12.9. The monoisotopic (exact) mass is 377 g/mol. The number of carbonyl (C=O) groups excluding carboxylic acids is 1. The van der Waals surface area contributed by atoms with E-state index in [1.54, 1.807) is 12.1 Å². The van der Waals surface area contributed by atoms with Gasteiger partial charge in [0.05, 0.1) is 21.3 Å². The highest BCUT2D eigenvalue weighted by molar-refractivity contribution is 9.10. The van der Waals surface area contributed by atoms with Gasteiger partial charge < -0.3 is 10.4 Å². The Morgan fingerprint density at radius 2 is 1.80 bits per heavy atom. The Labute approximate surface area is 132 Å². The van der Waals surface area contributed by atoms with E-state index in [1.165, 1.54) is 12.1 Å². The van der Waals surface area contributed by atoms with E-state index in [2.05, 4.69) is 21.2 Å². The predicted molar refractivity (Wildman–Crippen MR) is 80.2 cm³/mol. The molecule has 0 unspecified atom stereocenters.